The summed E-state index contributed by atoms with van der Waals surface area (Å²) in [5, 5.41) is 11.8. The van der Waals surface area contributed by atoms with Gasteiger partial charge in [-0.3, -0.25) is 4.79 Å². The monoisotopic (exact) mass is 270 g/mol. The van der Waals surface area contributed by atoms with E-state index in [1.54, 1.807) is 24.4 Å². The van der Waals surface area contributed by atoms with E-state index in [9.17, 15) is 4.79 Å². The molecule has 20 heavy (non-hydrogen) atoms. The summed E-state index contributed by atoms with van der Waals surface area (Å²) in [5.41, 5.74) is 8.06. The maximum Gasteiger partial charge on any atom is 0.221 e. The summed E-state index contributed by atoms with van der Waals surface area (Å²) in [6.07, 6.45) is 1.66. The summed E-state index contributed by atoms with van der Waals surface area (Å²) in [7, 11) is 1.52. The van der Waals surface area contributed by atoms with Crippen LogP contribution in [0.4, 0.5) is 11.5 Å². The van der Waals surface area contributed by atoms with Crippen molar-refractivity contribution in [3.05, 3.63) is 30.0 Å². The van der Waals surface area contributed by atoms with Gasteiger partial charge in [0.1, 0.15) is 23.2 Å². The molecular weight excluding hydrogens is 256 g/mol. The Morgan fingerprint density at radius 2 is 2.25 bits per heavy atom. The lowest BCUT2D eigenvalue weighted by Crippen LogP contribution is -2.07. The van der Waals surface area contributed by atoms with Gasteiger partial charge in [0, 0.05) is 18.7 Å². The second-order valence-electron chi connectivity index (χ2n) is 4.20. The van der Waals surface area contributed by atoms with E-state index >= 15 is 0 Å². The van der Waals surface area contributed by atoms with Crippen molar-refractivity contribution in [1.82, 2.24) is 4.98 Å². The molecule has 0 radical (unpaired) electrons. The molecule has 0 bridgehead atoms. The Labute approximate surface area is 116 Å². The number of nitriles is 1. The highest BCUT2D eigenvalue weighted by atomic mass is 16.5. The van der Waals surface area contributed by atoms with Crippen molar-refractivity contribution in [2.75, 3.05) is 18.2 Å². The van der Waals surface area contributed by atoms with Crippen molar-refractivity contribution in [1.29, 1.82) is 5.26 Å². The van der Waals surface area contributed by atoms with Crippen molar-refractivity contribution < 1.29 is 9.53 Å². The number of hydrogen-bond acceptors (Lipinski definition) is 4. The molecule has 0 saturated heterocycles. The van der Waals surface area contributed by atoms with E-state index in [1.807, 2.05) is 0 Å². The lowest BCUT2D eigenvalue weighted by atomic mass is 10.0. The maximum atomic E-state index is 11.2. The molecule has 0 fully saturated rings. The highest BCUT2D eigenvalue weighted by molar-refractivity contribution is 5.92. The number of carbonyl (C=O) groups excluding carboxylic acids is 1. The molecule has 6 nitrogen and oxygen atoms in total. The molecule has 0 aliphatic carbocycles. The van der Waals surface area contributed by atoms with Crippen molar-refractivity contribution >= 4 is 17.4 Å². The molecule has 102 valence electrons. The molecule has 1 aromatic carbocycles. The average molecular weight is 270 g/mol. The number of amides is 1. The van der Waals surface area contributed by atoms with Crippen LogP contribution in [0.5, 0.6) is 5.75 Å². The quantitative estimate of drug-likeness (QED) is 0.794. The topological polar surface area (TPSA) is 104 Å². The van der Waals surface area contributed by atoms with Crippen LogP contribution in [0.3, 0.4) is 0 Å². The Balaban J connectivity index is 2.53. The van der Waals surface area contributed by atoms with E-state index in [1.165, 1.54) is 14.0 Å². The van der Waals surface area contributed by atoms with Gasteiger partial charge in [0.25, 0.3) is 0 Å². The van der Waals surface area contributed by atoms with Gasteiger partial charge in [-0.15, -0.1) is 0 Å². The zero-order chi connectivity index (χ0) is 14.7. The minimum atomic E-state index is -0.200. The number of methoxy groups -OCH3 is 1. The van der Waals surface area contributed by atoms with Crippen LogP contribution >= 0.6 is 0 Å². The number of nitrogen functional groups attached to an aromatic ring is 1. The minimum absolute atomic E-state index is 0.200. The van der Waals surface area contributed by atoms with Crippen molar-refractivity contribution in [3.8, 4) is 22.9 Å². The van der Waals surface area contributed by atoms with Gasteiger partial charge < -0.3 is 20.8 Å². The van der Waals surface area contributed by atoms with Gasteiger partial charge in [-0.2, -0.15) is 5.26 Å². The standard InChI is InChI=1S/C14H14N4O2/c1-8(19)18-12-5-9(3-4-13(12)20-2)11-7-17-14(16)10(11)6-15/h3-5,7,17H,16H2,1-2H3,(H,18,19). The molecule has 0 atom stereocenters. The summed E-state index contributed by atoms with van der Waals surface area (Å²) in [6.45, 7) is 1.42. The third-order valence-corrected chi connectivity index (χ3v) is 2.84. The number of aromatic nitrogens is 1. The predicted octanol–water partition coefficient (Wildman–Crippen LogP) is 2.10. The van der Waals surface area contributed by atoms with E-state index < -0.39 is 0 Å². The Morgan fingerprint density at radius 1 is 1.50 bits per heavy atom. The summed E-state index contributed by atoms with van der Waals surface area (Å²) in [4.78, 5) is 14.0. The van der Waals surface area contributed by atoms with Crippen LogP contribution in [0, 0.1) is 11.3 Å². The SMILES string of the molecule is COc1ccc(-c2c[nH]c(N)c2C#N)cc1NC(C)=O. The number of rotatable bonds is 3. The Morgan fingerprint density at radius 3 is 2.85 bits per heavy atom. The maximum absolute atomic E-state index is 11.2. The summed E-state index contributed by atoms with van der Waals surface area (Å²) >= 11 is 0. The number of carbonyl (C=O) groups is 1. The van der Waals surface area contributed by atoms with Crippen LogP contribution < -0.4 is 15.8 Å². The molecule has 6 heteroatoms. The normalized spacial score (nSPS) is 9.85. The van der Waals surface area contributed by atoms with Crippen molar-refractivity contribution in [2.24, 2.45) is 0 Å². The third kappa shape index (κ3) is 2.42. The number of aromatic amines is 1. The van der Waals surface area contributed by atoms with Crippen molar-refractivity contribution in [3.63, 3.8) is 0 Å². The van der Waals surface area contributed by atoms with E-state index in [-0.39, 0.29) is 5.91 Å². The molecule has 2 rings (SSSR count). The molecule has 0 aliphatic heterocycles. The second kappa shape index (κ2) is 5.36. The van der Waals surface area contributed by atoms with Crippen molar-refractivity contribution in [2.45, 2.75) is 6.92 Å². The molecule has 0 spiro atoms. The third-order valence-electron chi connectivity index (χ3n) is 2.84. The van der Waals surface area contributed by atoms with E-state index in [2.05, 4.69) is 16.4 Å². The number of nitrogens with one attached hydrogen (secondary N) is 2. The number of H-pyrrole nitrogens is 1. The number of hydrogen-bond donors (Lipinski definition) is 3. The van der Waals surface area contributed by atoms with Crippen LogP contribution in [0.1, 0.15) is 12.5 Å². The molecule has 1 heterocycles. The lowest BCUT2D eigenvalue weighted by molar-refractivity contribution is -0.114. The molecule has 0 unspecified atom stereocenters. The van der Waals surface area contributed by atoms with Gasteiger partial charge in [0.2, 0.25) is 5.91 Å². The molecule has 0 saturated carbocycles. The first-order valence-corrected chi connectivity index (χ1v) is 5.89. The number of anilines is 2. The largest absolute Gasteiger partial charge is 0.495 e. The fourth-order valence-corrected chi connectivity index (χ4v) is 1.95. The fourth-order valence-electron chi connectivity index (χ4n) is 1.95. The highest BCUT2D eigenvalue weighted by Crippen LogP contribution is 2.33. The van der Waals surface area contributed by atoms with Crippen LogP contribution in [-0.4, -0.2) is 18.0 Å². The van der Waals surface area contributed by atoms with Crippen LogP contribution in [0.15, 0.2) is 24.4 Å². The molecule has 4 N–H and O–H groups in total. The van der Waals surface area contributed by atoms with Crippen LogP contribution in [-0.2, 0) is 4.79 Å². The Hall–Kier alpha value is -2.94. The number of ether oxygens (including phenoxy) is 1. The van der Waals surface area contributed by atoms with Gasteiger partial charge in [-0.1, -0.05) is 6.07 Å². The molecule has 0 aliphatic rings. The smallest absolute Gasteiger partial charge is 0.221 e. The highest BCUT2D eigenvalue weighted by Gasteiger charge is 2.13. The zero-order valence-electron chi connectivity index (χ0n) is 11.2. The zero-order valence-corrected chi connectivity index (χ0v) is 11.2. The minimum Gasteiger partial charge on any atom is -0.495 e. The summed E-state index contributed by atoms with van der Waals surface area (Å²) in [6, 6.07) is 7.32. The van der Waals surface area contributed by atoms with E-state index in [0.717, 1.165) is 5.56 Å². The van der Waals surface area contributed by atoms with Gasteiger partial charge in [0.05, 0.1) is 12.8 Å². The lowest BCUT2D eigenvalue weighted by Gasteiger charge is -2.10. The van der Waals surface area contributed by atoms with E-state index in [4.69, 9.17) is 15.7 Å². The first-order chi connectivity index (χ1) is 9.56. The van der Waals surface area contributed by atoms with Gasteiger partial charge in [0.15, 0.2) is 0 Å². The summed E-state index contributed by atoms with van der Waals surface area (Å²) in [5.74, 6) is 0.667. The molecular formula is C14H14N4O2. The first-order valence-electron chi connectivity index (χ1n) is 5.89. The van der Waals surface area contributed by atoms with Gasteiger partial charge >= 0.3 is 0 Å². The van der Waals surface area contributed by atoms with Gasteiger partial charge in [-0.05, 0) is 17.7 Å². The summed E-state index contributed by atoms with van der Waals surface area (Å²) < 4.78 is 5.19. The second-order valence-corrected chi connectivity index (χ2v) is 4.20. The number of nitrogens with zero attached hydrogens (tertiary/aromatic N) is 1. The van der Waals surface area contributed by atoms with Crippen LogP contribution in [0.25, 0.3) is 11.1 Å². The molecule has 2 aromatic rings. The van der Waals surface area contributed by atoms with Gasteiger partial charge in [-0.25, -0.2) is 0 Å². The Kier molecular flexibility index (Phi) is 3.62. The average Bonchev–Trinajstić information content (AvgIpc) is 2.79. The number of nitrogens with two attached hydrogens (primary N) is 1. The van der Waals surface area contributed by atoms with Crippen LogP contribution in [0.2, 0.25) is 0 Å². The fraction of sp³-hybridized carbons (Fsp3) is 0.143. The Bertz CT molecular complexity index is 698. The van der Waals surface area contributed by atoms with E-state index in [0.29, 0.717) is 28.4 Å². The first kappa shape index (κ1) is 13.5. The predicted molar refractivity (Wildman–Crippen MR) is 76.2 cm³/mol. The molecule has 1 amide bonds. The number of benzene rings is 1. The molecule has 1 aromatic heterocycles.